The molecule has 3 rings (SSSR count). The number of hydrogen-bond donors (Lipinski definition) is 0. The second-order valence-electron chi connectivity index (χ2n) is 9.31. The van der Waals surface area contributed by atoms with E-state index in [0.29, 0.717) is 5.41 Å². The van der Waals surface area contributed by atoms with Gasteiger partial charge in [-0.15, -0.1) is 0 Å². The second kappa shape index (κ2) is 4.76. The topological polar surface area (TPSA) is 3.24 Å². The lowest BCUT2D eigenvalue weighted by Crippen LogP contribution is -2.39. The van der Waals surface area contributed by atoms with Gasteiger partial charge in [-0.3, -0.25) is 0 Å². The Bertz CT molecular complexity index is 500. The van der Waals surface area contributed by atoms with E-state index in [1.165, 1.54) is 30.6 Å². The molecule has 0 radical (unpaired) electrons. The van der Waals surface area contributed by atoms with Crippen molar-refractivity contribution in [3.8, 4) is 0 Å². The number of rotatable bonds is 1. The fourth-order valence-corrected chi connectivity index (χ4v) is 4.48. The average Bonchev–Trinajstić information content (AvgIpc) is 2.96. The van der Waals surface area contributed by atoms with E-state index in [0.717, 1.165) is 17.9 Å². The van der Waals surface area contributed by atoms with Crippen molar-refractivity contribution >= 4 is 5.69 Å². The van der Waals surface area contributed by atoms with Crippen LogP contribution in [-0.2, 0) is 5.41 Å². The summed E-state index contributed by atoms with van der Waals surface area (Å²) in [5.41, 5.74) is 3.59. The van der Waals surface area contributed by atoms with Gasteiger partial charge in [-0.2, -0.15) is 0 Å². The quantitative estimate of drug-likeness (QED) is 0.681. The number of hydrogen-bond acceptors (Lipinski definition) is 1. The van der Waals surface area contributed by atoms with Crippen molar-refractivity contribution in [3.63, 3.8) is 0 Å². The highest BCUT2D eigenvalue weighted by atomic mass is 15.2. The summed E-state index contributed by atoms with van der Waals surface area (Å²) < 4.78 is 0. The molecule has 0 N–H and O–H groups in total. The van der Waals surface area contributed by atoms with Gasteiger partial charge in [0.2, 0.25) is 0 Å². The highest BCUT2D eigenvalue weighted by Gasteiger charge is 2.48. The normalized spacial score (nSPS) is 29.2. The Hall–Kier alpha value is -0.980. The number of fused-ring (bicyclic) bond motifs is 2. The van der Waals surface area contributed by atoms with Gasteiger partial charge in [-0.25, -0.2) is 0 Å². The second-order valence-corrected chi connectivity index (χ2v) is 9.31. The molecule has 1 aliphatic heterocycles. The van der Waals surface area contributed by atoms with Crippen molar-refractivity contribution in [2.45, 2.75) is 65.8 Å². The van der Waals surface area contributed by atoms with Crippen LogP contribution in [0.15, 0.2) is 24.3 Å². The molecule has 1 unspecified atom stereocenters. The standard InChI is InChI=1S/C20H31N/c1-19(2,3)15-7-9-16(10-8-15)21-13-14-11-17(21)12-18(14)20(4,5)6/h7-10,14,17-18H,11-13H2,1-6H3/t14-,17-,18?/m1/s1. The molecule has 0 aromatic heterocycles. The Kier molecular flexibility index (Phi) is 3.39. The maximum atomic E-state index is 2.67. The van der Waals surface area contributed by atoms with E-state index in [1.54, 1.807) is 0 Å². The highest BCUT2D eigenvalue weighted by molar-refractivity contribution is 5.51. The average molecular weight is 285 g/mol. The predicted octanol–water partition coefficient (Wildman–Crippen LogP) is 5.25. The summed E-state index contributed by atoms with van der Waals surface area (Å²) in [5.74, 6) is 1.81. The molecule has 1 nitrogen and oxygen atoms in total. The first kappa shape index (κ1) is 14.9. The molecule has 2 aliphatic rings. The molecule has 116 valence electrons. The van der Waals surface area contributed by atoms with Gasteiger partial charge in [0.15, 0.2) is 0 Å². The lowest BCUT2D eigenvalue weighted by Gasteiger charge is -2.39. The van der Waals surface area contributed by atoms with Crippen molar-refractivity contribution in [1.29, 1.82) is 0 Å². The highest BCUT2D eigenvalue weighted by Crippen LogP contribution is 2.50. The largest absolute Gasteiger partial charge is 0.368 e. The van der Waals surface area contributed by atoms with Gasteiger partial charge in [-0.05, 0) is 53.2 Å². The smallest absolute Gasteiger partial charge is 0.0368 e. The molecular weight excluding hydrogens is 254 g/mol. The number of benzene rings is 1. The third-order valence-electron chi connectivity index (χ3n) is 5.72. The molecule has 3 atom stereocenters. The lowest BCUT2D eigenvalue weighted by atomic mass is 9.74. The van der Waals surface area contributed by atoms with Crippen LogP contribution in [0, 0.1) is 17.3 Å². The van der Waals surface area contributed by atoms with E-state index in [2.05, 4.69) is 70.7 Å². The minimum Gasteiger partial charge on any atom is -0.368 e. The third-order valence-corrected chi connectivity index (χ3v) is 5.72. The molecule has 0 amide bonds. The summed E-state index contributed by atoms with van der Waals surface area (Å²) in [6.07, 6.45) is 2.79. The Labute approximate surface area is 130 Å². The van der Waals surface area contributed by atoms with Gasteiger partial charge in [0, 0.05) is 18.3 Å². The number of anilines is 1. The van der Waals surface area contributed by atoms with Crippen LogP contribution in [0.3, 0.4) is 0 Å². The first-order chi connectivity index (χ1) is 9.66. The van der Waals surface area contributed by atoms with E-state index in [9.17, 15) is 0 Å². The summed E-state index contributed by atoms with van der Waals surface area (Å²) >= 11 is 0. The zero-order chi connectivity index (χ0) is 15.4. The van der Waals surface area contributed by atoms with E-state index in [4.69, 9.17) is 0 Å². The van der Waals surface area contributed by atoms with Crippen LogP contribution < -0.4 is 4.90 Å². The van der Waals surface area contributed by atoms with Crippen LogP contribution >= 0.6 is 0 Å². The molecule has 21 heavy (non-hydrogen) atoms. The van der Waals surface area contributed by atoms with E-state index in [-0.39, 0.29) is 5.41 Å². The van der Waals surface area contributed by atoms with Crippen LogP contribution in [0.1, 0.15) is 59.9 Å². The Morgan fingerprint density at radius 1 is 0.905 bits per heavy atom. The fraction of sp³-hybridized carbons (Fsp3) is 0.700. The molecule has 2 fully saturated rings. The Morgan fingerprint density at radius 3 is 1.95 bits per heavy atom. The minimum absolute atomic E-state index is 0.250. The van der Waals surface area contributed by atoms with E-state index in [1.807, 2.05) is 0 Å². The number of piperidine rings is 1. The minimum atomic E-state index is 0.250. The van der Waals surface area contributed by atoms with Gasteiger partial charge in [0.1, 0.15) is 0 Å². The van der Waals surface area contributed by atoms with Gasteiger partial charge in [-0.1, -0.05) is 53.7 Å². The van der Waals surface area contributed by atoms with Crippen molar-refractivity contribution in [1.82, 2.24) is 0 Å². The van der Waals surface area contributed by atoms with E-state index >= 15 is 0 Å². The molecule has 0 spiro atoms. The van der Waals surface area contributed by atoms with Crippen LogP contribution in [0.2, 0.25) is 0 Å². The molecule has 2 bridgehead atoms. The predicted molar refractivity (Wildman–Crippen MR) is 91.9 cm³/mol. The van der Waals surface area contributed by atoms with Crippen molar-refractivity contribution in [2.24, 2.45) is 17.3 Å². The van der Waals surface area contributed by atoms with Crippen LogP contribution in [0.5, 0.6) is 0 Å². The van der Waals surface area contributed by atoms with Gasteiger partial charge in [0.25, 0.3) is 0 Å². The zero-order valence-electron chi connectivity index (χ0n) is 14.6. The van der Waals surface area contributed by atoms with Crippen molar-refractivity contribution < 1.29 is 0 Å². The molecule has 1 heterocycles. The fourth-order valence-electron chi connectivity index (χ4n) is 4.48. The molecular formula is C20H31N. The van der Waals surface area contributed by atoms with Gasteiger partial charge < -0.3 is 4.90 Å². The number of nitrogens with zero attached hydrogens (tertiary/aromatic N) is 1. The molecule has 1 heteroatoms. The summed E-state index contributed by atoms with van der Waals surface area (Å²) in [6, 6.07) is 10.1. The Morgan fingerprint density at radius 2 is 1.52 bits per heavy atom. The molecule has 1 saturated heterocycles. The van der Waals surface area contributed by atoms with Crippen LogP contribution in [-0.4, -0.2) is 12.6 Å². The lowest BCUT2D eigenvalue weighted by molar-refractivity contribution is 0.178. The first-order valence-corrected chi connectivity index (χ1v) is 8.53. The molecule has 1 aromatic carbocycles. The third kappa shape index (κ3) is 2.72. The maximum absolute atomic E-state index is 2.67. The molecule has 1 aliphatic carbocycles. The SMILES string of the molecule is CC(C)(C)c1ccc(N2C[C@H]3C[C@@H]2CC3C(C)(C)C)cc1. The van der Waals surface area contributed by atoms with Crippen LogP contribution in [0.4, 0.5) is 5.69 Å². The summed E-state index contributed by atoms with van der Waals surface area (Å²) in [6.45, 7) is 15.4. The summed E-state index contributed by atoms with van der Waals surface area (Å²) in [4.78, 5) is 2.67. The summed E-state index contributed by atoms with van der Waals surface area (Å²) in [5, 5.41) is 0. The molecule has 1 saturated carbocycles. The molecule has 1 aromatic rings. The summed E-state index contributed by atoms with van der Waals surface area (Å²) in [7, 11) is 0. The van der Waals surface area contributed by atoms with Crippen molar-refractivity contribution in [2.75, 3.05) is 11.4 Å². The van der Waals surface area contributed by atoms with Crippen LogP contribution in [0.25, 0.3) is 0 Å². The van der Waals surface area contributed by atoms with Gasteiger partial charge >= 0.3 is 0 Å². The van der Waals surface area contributed by atoms with E-state index < -0.39 is 0 Å². The van der Waals surface area contributed by atoms with Gasteiger partial charge in [0.05, 0.1) is 0 Å². The monoisotopic (exact) mass is 285 g/mol. The Balaban J connectivity index is 1.74. The first-order valence-electron chi connectivity index (χ1n) is 8.53. The maximum Gasteiger partial charge on any atom is 0.0368 e. The van der Waals surface area contributed by atoms with Crippen molar-refractivity contribution in [3.05, 3.63) is 29.8 Å². The zero-order valence-corrected chi connectivity index (χ0v) is 14.6.